The fraction of sp³-hybridized carbons (Fsp3) is 0.538. The molecule has 1 aromatic rings. The molecule has 1 aromatic carbocycles. The third-order valence-electron chi connectivity index (χ3n) is 3.34. The van der Waals surface area contributed by atoms with Crippen molar-refractivity contribution in [3.63, 3.8) is 0 Å². The van der Waals surface area contributed by atoms with E-state index in [2.05, 4.69) is 0 Å². The van der Waals surface area contributed by atoms with Crippen LogP contribution in [0, 0.1) is 0 Å². The van der Waals surface area contributed by atoms with Crippen molar-refractivity contribution in [2.45, 2.75) is 30.7 Å². The maximum Gasteiger partial charge on any atom is 0.184 e. The highest BCUT2D eigenvalue weighted by Crippen LogP contribution is 2.31. The summed E-state index contributed by atoms with van der Waals surface area (Å²) in [6.07, 6.45) is -3.22. The number of hydrogen-bond acceptors (Lipinski definition) is 5. The van der Waals surface area contributed by atoms with Crippen molar-refractivity contribution in [1.82, 2.24) is 0 Å². The van der Waals surface area contributed by atoms with Crippen molar-refractivity contribution in [3.05, 3.63) is 35.9 Å². The normalized spacial score (nSPS) is 40.2. The second kappa shape index (κ2) is 4.95. The Balaban J connectivity index is 1.75. The average molecular weight is 252 g/mol. The molecule has 2 saturated heterocycles. The summed E-state index contributed by atoms with van der Waals surface area (Å²) in [6.45, 7) is 0.471. The molecule has 98 valence electrons. The summed E-state index contributed by atoms with van der Waals surface area (Å²) in [7, 11) is 0. The van der Waals surface area contributed by atoms with E-state index < -0.39 is 24.6 Å². The van der Waals surface area contributed by atoms with Gasteiger partial charge in [0, 0.05) is 5.56 Å². The molecule has 2 N–H and O–H groups in total. The first-order valence-electron chi connectivity index (χ1n) is 6.05. The minimum Gasteiger partial charge on any atom is -0.388 e. The molecular weight excluding hydrogens is 236 g/mol. The van der Waals surface area contributed by atoms with Crippen LogP contribution < -0.4 is 0 Å². The predicted molar refractivity (Wildman–Crippen MR) is 61.8 cm³/mol. The molecule has 2 heterocycles. The number of fused-ring (bicyclic) bond motifs is 1. The number of ether oxygens (including phenoxy) is 3. The second-order valence-corrected chi connectivity index (χ2v) is 4.61. The summed E-state index contributed by atoms with van der Waals surface area (Å²) >= 11 is 0. The Hall–Kier alpha value is -0.980. The van der Waals surface area contributed by atoms with Gasteiger partial charge < -0.3 is 24.4 Å². The number of aliphatic hydroxyl groups is 2. The fourth-order valence-electron chi connectivity index (χ4n) is 2.31. The molecule has 5 nitrogen and oxygen atoms in total. The SMILES string of the molecule is O[C@H]1[C@@H]2O[C@@H](c3ccccc3)OC[C@@H]2OC[C@H]1O. The Morgan fingerprint density at radius 3 is 2.56 bits per heavy atom. The highest BCUT2D eigenvalue weighted by Gasteiger charge is 2.44. The summed E-state index contributed by atoms with van der Waals surface area (Å²) in [6, 6.07) is 9.51. The van der Waals surface area contributed by atoms with Gasteiger partial charge in [-0.1, -0.05) is 30.3 Å². The fourth-order valence-corrected chi connectivity index (χ4v) is 2.31. The van der Waals surface area contributed by atoms with Crippen LogP contribution in [0.1, 0.15) is 11.9 Å². The third kappa shape index (κ3) is 2.15. The highest BCUT2D eigenvalue weighted by molar-refractivity contribution is 5.16. The number of benzene rings is 1. The van der Waals surface area contributed by atoms with Gasteiger partial charge in [-0.2, -0.15) is 0 Å². The zero-order chi connectivity index (χ0) is 12.5. The van der Waals surface area contributed by atoms with Crippen LogP contribution in [0.25, 0.3) is 0 Å². The standard InChI is InChI=1S/C13H16O5/c14-9-6-16-10-7-17-13(18-12(10)11(9)15)8-4-2-1-3-5-8/h1-5,9-15H,6-7H2/t9-,10+,11-,12-,13+/m1/s1. The highest BCUT2D eigenvalue weighted by atomic mass is 16.7. The molecule has 0 unspecified atom stereocenters. The van der Waals surface area contributed by atoms with Crippen molar-refractivity contribution >= 4 is 0 Å². The van der Waals surface area contributed by atoms with E-state index >= 15 is 0 Å². The summed E-state index contributed by atoms with van der Waals surface area (Å²) in [5, 5.41) is 19.5. The van der Waals surface area contributed by atoms with Crippen LogP contribution in [-0.2, 0) is 14.2 Å². The lowest BCUT2D eigenvalue weighted by Gasteiger charge is -2.43. The molecule has 0 radical (unpaired) electrons. The summed E-state index contributed by atoms with van der Waals surface area (Å²) in [5.41, 5.74) is 0.892. The molecule has 0 saturated carbocycles. The second-order valence-electron chi connectivity index (χ2n) is 4.61. The van der Waals surface area contributed by atoms with Crippen molar-refractivity contribution in [1.29, 1.82) is 0 Å². The van der Waals surface area contributed by atoms with Gasteiger partial charge in [0.2, 0.25) is 0 Å². The van der Waals surface area contributed by atoms with E-state index in [1.165, 1.54) is 0 Å². The molecule has 0 bridgehead atoms. The number of rotatable bonds is 1. The molecular formula is C13H16O5. The Morgan fingerprint density at radius 2 is 1.78 bits per heavy atom. The first-order valence-corrected chi connectivity index (χ1v) is 6.05. The Bertz CT molecular complexity index is 394. The zero-order valence-electron chi connectivity index (χ0n) is 9.81. The zero-order valence-corrected chi connectivity index (χ0v) is 9.81. The van der Waals surface area contributed by atoms with E-state index in [0.717, 1.165) is 5.56 Å². The van der Waals surface area contributed by atoms with Crippen LogP contribution in [0.15, 0.2) is 30.3 Å². The van der Waals surface area contributed by atoms with Crippen LogP contribution in [0.5, 0.6) is 0 Å². The maximum atomic E-state index is 9.93. The van der Waals surface area contributed by atoms with Gasteiger partial charge in [-0.25, -0.2) is 0 Å². The van der Waals surface area contributed by atoms with Gasteiger partial charge in [-0.3, -0.25) is 0 Å². The maximum absolute atomic E-state index is 9.93. The van der Waals surface area contributed by atoms with Crippen LogP contribution in [0.3, 0.4) is 0 Å². The lowest BCUT2D eigenvalue weighted by molar-refractivity contribution is -0.314. The molecule has 0 aromatic heterocycles. The Labute approximate surface area is 105 Å². The Kier molecular flexibility index (Phi) is 3.32. The minimum absolute atomic E-state index is 0.116. The van der Waals surface area contributed by atoms with E-state index in [4.69, 9.17) is 14.2 Å². The van der Waals surface area contributed by atoms with Gasteiger partial charge in [0.1, 0.15) is 24.4 Å². The van der Waals surface area contributed by atoms with Gasteiger partial charge >= 0.3 is 0 Å². The first-order chi connectivity index (χ1) is 8.75. The van der Waals surface area contributed by atoms with Crippen molar-refractivity contribution in [2.75, 3.05) is 13.2 Å². The average Bonchev–Trinajstić information content (AvgIpc) is 2.44. The number of aliphatic hydroxyl groups excluding tert-OH is 2. The quantitative estimate of drug-likeness (QED) is 0.748. The van der Waals surface area contributed by atoms with E-state index in [1.54, 1.807) is 0 Å². The molecule has 2 fully saturated rings. The molecule has 5 heteroatoms. The van der Waals surface area contributed by atoms with Gasteiger partial charge in [-0.15, -0.1) is 0 Å². The van der Waals surface area contributed by atoms with Crippen LogP contribution in [0.4, 0.5) is 0 Å². The van der Waals surface area contributed by atoms with Gasteiger partial charge in [0.05, 0.1) is 13.2 Å². The molecule has 3 rings (SSSR count). The predicted octanol–water partition coefficient (Wildman–Crippen LogP) is 0.221. The topological polar surface area (TPSA) is 68.2 Å². The largest absolute Gasteiger partial charge is 0.388 e. The van der Waals surface area contributed by atoms with E-state index in [-0.39, 0.29) is 12.7 Å². The molecule has 5 atom stereocenters. The molecule has 0 amide bonds. The van der Waals surface area contributed by atoms with E-state index in [9.17, 15) is 10.2 Å². The summed E-state index contributed by atoms with van der Waals surface area (Å²) in [4.78, 5) is 0. The van der Waals surface area contributed by atoms with Gasteiger partial charge in [0.25, 0.3) is 0 Å². The lowest BCUT2D eigenvalue weighted by Crippen LogP contribution is -2.58. The summed E-state index contributed by atoms with van der Waals surface area (Å²) in [5.74, 6) is 0. The minimum atomic E-state index is -0.932. The smallest absolute Gasteiger partial charge is 0.184 e. The van der Waals surface area contributed by atoms with E-state index in [0.29, 0.717) is 6.61 Å². The van der Waals surface area contributed by atoms with Crippen molar-refractivity contribution in [3.8, 4) is 0 Å². The van der Waals surface area contributed by atoms with Crippen molar-refractivity contribution < 1.29 is 24.4 Å². The van der Waals surface area contributed by atoms with Crippen LogP contribution in [-0.4, -0.2) is 47.8 Å². The molecule has 2 aliphatic heterocycles. The first kappa shape index (κ1) is 12.1. The molecule has 18 heavy (non-hydrogen) atoms. The third-order valence-corrected chi connectivity index (χ3v) is 3.34. The van der Waals surface area contributed by atoms with Crippen molar-refractivity contribution in [2.24, 2.45) is 0 Å². The molecule has 2 aliphatic rings. The lowest BCUT2D eigenvalue weighted by atomic mass is 9.99. The van der Waals surface area contributed by atoms with Gasteiger partial charge in [0.15, 0.2) is 6.29 Å². The van der Waals surface area contributed by atoms with Gasteiger partial charge in [-0.05, 0) is 0 Å². The monoisotopic (exact) mass is 252 g/mol. The van der Waals surface area contributed by atoms with Crippen LogP contribution >= 0.6 is 0 Å². The van der Waals surface area contributed by atoms with Crippen LogP contribution in [0.2, 0.25) is 0 Å². The molecule has 0 aliphatic carbocycles. The molecule has 0 spiro atoms. The number of hydrogen-bond donors (Lipinski definition) is 2. The summed E-state index contributed by atoms with van der Waals surface area (Å²) < 4.78 is 16.7. The van der Waals surface area contributed by atoms with E-state index in [1.807, 2.05) is 30.3 Å². The Morgan fingerprint density at radius 1 is 1.00 bits per heavy atom.